The zero-order valence-electron chi connectivity index (χ0n) is 25.7. The first-order valence-corrected chi connectivity index (χ1v) is 16.1. The maximum absolute atomic E-state index is 13.9. The van der Waals surface area contributed by atoms with Crippen LogP contribution >= 0.6 is 22.6 Å². The number of rotatable bonds is 7. The number of nitrogens with one attached hydrogen (secondary N) is 1. The molecule has 13 heteroatoms. The second kappa shape index (κ2) is 12.5. The zero-order valence-corrected chi connectivity index (χ0v) is 27.9. The molecular weight excluding hydrogens is 725 g/mol. The summed E-state index contributed by atoms with van der Waals surface area (Å²) in [5.74, 6) is -3.07. The van der Waals surface area contributed by atoms with Crippen molar-refractivity contribution in [1.29, 1.82) is 0 Å². The van der Waals surface area contributed by atoms with Gasteiger partial charge in [0.1, 0.15) is 28.6 Å². The van der Waals surface area contributed by atoms with Crippen LogP contribution in [0.25, 0.3) is 0 Å². The third kappa shape index (κ3) is 5.68. The molecule has 0 aromatic heterocycles. The van der Waals surface area contributed by atoms with Crippen LogP contribution in [0.15, 0.2) is 36.4 Å². The Kier molecular flexibility index (Phi) is 8.82. The number of aromatic hydroxyl groups is 3. The van der Waals surface area contributed by atoms with Crippen molar-refractivity contribution < 1.29 is 54.1 Å². The van der Waals surface area contributed by atoms with E-state index in [4.69, 9.17) is 14.2 Å². The topological polar surface area (TPSA) is 192 Å². The molecule has 1 saturated heterocycles. The molecule has 3 aromatic carbocycles. The second-order valence-corrected chi connectivity index (χ2v) is 13.4. The smallest absolute Gasteiger partial charge is 0.202 e. The lowest BCUT2D eigenvalue weighted by Crippen LogP contribution is -2.54. The van der Waals surface area contributed by atoms with Gasteiger partial charge < -0.3 is 45.1 Å². The fourth-order valence-corrected chi connectivity index (χ4v) is 7.32. The monoisotopic (exact) mass is 759 g/mol. The van der Waals surface area contributed by atoms with E-state index in [0.29, 0.717) is 10.1 Å². The van der Waals surface area contributed by atoms with Crippen LogP contribution in [0.2, 0.25) is 0 Å². The number of ketones is 3. The fraction of sp³-hybridized carbons (Fsp3) is 0.382. The summed E-state index contributed by atoms with van der Waals surface area (Å²) < 4.78 is 18.3. The largest absolute Gasteiger partial charge is 0.507 e. The van der Waals surface area contributed by atoms with Gasteiger partial charge in [-0.3, -0.25) is 14.4 Å². The Bertz CT molecular complexity index is 1810. The first-order valence-electron chi connectivity index (χ1n) is 15.1. The standard InChI is InChI=1S/C34H34INO11/c1-14-29(39)20(36-13-16-7-8-21(38)19(35)9-16)10-24(46-14)47-23-12-34(44,15(2)37)11-18-26(23)33(43)28-27(31(18)41)30(40)17-5-4-6-22(45-3)25(17)32(28)42/h4-9,14,20,23-24,29,36,38-39,41,43-44H,10-13H2,1-3H3/t14?,20?,23-,24-,29+,34-/m0/s1. The van der Waals surface area contributed by atoms with Gasteiger partial charge in [0.2, 0.25) is 5.78 Å². The van der Waals surface area contributed by atoms with Crippen LogP contribution in [0.4, 0.5) is 0 Å². The Morgan fingerprint density at radius 2 is 1.81 bits per heavy atom. The number of hydrogen-bond donors (Lipinski definition) is 6. The van der Waals surface area contributed by atoms with E-state index in [-0.39, 0.29) is 46.6 Å². The number of aliphatic hydroxyl groups is 2. The van der Waals surface area contributed by atoms with Crippen LogP contribution in [0, 0.1) is 3.57 Å². The van der Waals surface area contributed by atoms with E-state index in [1.807, 2.05) is 28.7 Å². The average molecular weight is 760 g/mol. The Hall–Kier alpha value is -3.60. The molecule has 1 heterocycles. The molecule has 2 aliphatic carbocycles. The molecule has 2 unspecified atom stereocenters. The Balaban J connectivity index is 1.37. The summed E-state index contributed by atoms with van der Waals surface area (Å²) in [4.78, 5) is 40.3. The van der Waals surface area contributed by atoms with E-state index in [1.165, 1.54) is 32.2 Å². The highest BCUT2D eigenvalue weighted by atomic mass is 127. The minimum atomic E-state index is -2.04. The first kappa shape index (κ1) is 33.3. The lowest BCUT2D eigenvalue weighted by Gasteiger charge is -2.43. The predicted octanol–water partition coefficient (Wildman–Crippen LogP) is 3.17. The first-order chi connectivity index (χ1) is 22.2. The molecule has 6 N–H and O–H groups in total. The van der Waals surface area contributed by atoms with Gasteiger partial charge in [0.25, 0.3) is 0 Å². The Morgan fingerprint density at radius 1 is 1.09 bits per heavy atom. The number of ether oxygens (including phenoxy) is 3. The molecule has 47 heavy (non-hydrogen) atoms. The number of aliphatic hydroxyl groups excluding tert-OH is 1. The molecule has 3 aliphatic rings. The number of carbonyl (C=O) groups is 3. The number of methoxy groups -OCH3 is 1. The molecule has 12 nitrogen and oxygen atoms in total. The molecule has 0 amide bonds. The number of phenolic OH excluding ortho intramolecular Hbond substituents is 3. The summed E-state index contributed by atoms with van der Waals surface area (Å²) >= 11 is 2.02. The van der Waals surface area contributed by atoms with Crippen molar-refractivity contribution in [3.05, 3.63) is 78.9 Å². The zero-order chi connectivity index (χ0) is 33.9. The molecule has 1 fully saturated rings. The second-order valence-electron chi connectivity index (χ2n) is 12.2. The van der Waals surface area contributed by atoms with Gasteiger partial charge in [-0.25, -0.2) is 0 Å². The maximum Gasteiger partial charge on any atom is 0.202 e. The van der Waals surface area contributed by atoms with Crippen molar-refractivity contribution >= 4 is 39.9 Å². The maximum atomic E-state index is 13.9. The fourth-order valence-electron chi connectivity index (χ4n) is 6.74. The summed E-state index contributed by atoms with van der Waals surface area (Å²) in [5.41, 5.74) is -2.26. The highest BCUT2D eigenvalue weighted by Gasteiger charge is 2.49. The lowest BCUT2D eigenvalue weighted by atomic mass is 9.72. The lowest BCUT2D eigenvalue weighted by molar-refractivity contribution is -0.249. The SMILES string of the molecule is COc1cccc2c1C(=O)c1c(O)c3c(c(O)c1C2=O)C[C@@](O)(C(C)=O)C[C@@H]3O[C@H]1CC(NCc2ccc(O)c(I)c2)[C@H](O)C(C)O1. The third-order valence-electron chi connectivity index (χ3n) is 9.33. The molecule has 0 spiro atoms. The normalized spacial score (nSPS) is 26.7. The van der Waals surface area contributed by atoms with Crippen LogP contribution in [-0.4, -0.2) is 80.1 Å². The molecule has 3 aromatic rings. The summed E-state index contributed by atoms with van der Waals surface area (Å²) in [7, 11) is 1.34. The molecule has 0 bridgehead atoms. The molecule has 0 radical (unpaired) electrons. The molecule has 6 rings (SSSR count). The summed E-state index contributed by atoms with van der Waals surface area (Å²) in [5, 5.41) is 58.8. The molecular formula is C34H34INO11. The molecule has 6 atom stereocenters. The predicted molar refractivity (Wildman–Crippen MR) is 174 cm³/mol. The number of hydrogen-bond acceptors (Lipinski definition) is 12. The van der Waals surface area contributed by atoms with Crippen molar-refractivity contribution in [3.8, 4) is 23.0 Å². The van der Waals surface area contributed by atoms with Gasteiger partial charge in [-0.2, -0.15) is 0 Å². The van der Waals surface area contributed by atoms with E-state index < -0.39 is 82.6 Å². The number of benzene rings is 3. The van der Waals surface area contributed by atoms with E-state index in [0.717, 1.165) is 5.56 Å². The van der Waals surface area contributed by atoms with E-state index >= 15 is 0 Å². The summed E-state index contributed by atoms with van der Waals surface area (Å²) in [6.45, 7) is 3.21. The van der Waals surface area contributed by atoms with Crippen LogP contribution in [0.3, 0.4) is 0 Å². The highest BCUT2D eigenvalue weighted by Crippen LogP contribution is 2.52. The minimum absolute atomic E-state index is 0.0225. The summed E-state index contributed by atoms with van der Waals surface area (Å²) in [6.07, 6.45) is -4.59. The van der Waals surface area contributed by atoms with Crippen molar-refractivity contribution in [2.24, 2.45) is 0 Å². The van der Waals surface area contributed by atoms with Crippen LogP contribution in [-0.2, 0) is 27.2 Å². The van der Waals surface area contributed by atoms with Crippen LogP contribution < -0.4 is 10.1 Å². The third-order valence-corrected chi connectivity index (χ3v) is 10.2. The van der Waals surface area contributed by atoms with Crippen molar-refractivity contribution in [2.75, 3.05) is 7.11 Å². The highest BCUT2D eigenvalue weighted by molar-refractivity contribution is 14.1. The number of Topliss-reactive ketones (excluding diaryl/α,β-unsaturated/α-hetero) is 1. The van der Waals surface area contributed by atoms with Crippen LogP contribution in [0.1, 0.15) is 81.3 Å². The minimum Gasteiger partial charge on any atom is -0.507 e. The molecule has 1 aliphatic heterocycles. The van der Waals surface area contributed by atoms with Crippen molar-refractivity contribution in [3.63, 3.8) is 0 Å². The summed E-state index contributed by atoms with van der Waals surface area (Å²) in [6, 6.07) is 9.06. The van der Waals surface area contributed by atoms with E-state index in [1.54, 1.807) is 19.1 Å². The van der Waals surface area contributed by atoms with Gasteiger partial charge in [0, 0.05) is 48.5 Å². The number of halogens is 1. The Morgan fingerprint density at radius 3 is 2.49 bits per heavy atom. The number of fused-ring (bicyclic) bond motifs is 3. The van der Waals surface area contributed by atoms with E-state index in [2.05, 4.69) is 5.32 Å². The van der Waals surface area contributed by atoms with Gasteiger partial charge in [-0.05, 0) is 60.2 Å². The van der Waals surface area contributed by atoms with E-state index in [9.17, 15) is 39.9 Å². The van der Waals surface area contributed by atoms with Crippen LogP contribution in [0.5, 0.6) is 23.0 Å². The number of carbonyl (C=O) groups excluding carboxylic acids is 3. The van der Waals surface area contributed by atoms with Gasteiger partial charge in [-0.15, -0.1) is 0 Å². The molecule has 0 saturated carbocycles. The van der Waals surface area contributed by atoms with Crippen molar-refractivity contribution in [2.45, 2.75) is 75.9 Å². The van der Waals surface area contributed by atoms with Gasteiger partial charge in [-0.1, -0.05) is 18.2 Å². The van der Waals surface area contributed by atoms with Gasteiger partial charge >= 0.3 is 0 Å². The quantitative estimate of drug-likeness (QED) is 0.119. The Labute approximate surface area is 283 Å². The molecule has 248 valence electrons. The van der Waals surface area contributed by atoms with Gasteiger partial charge in [0.15, 0.2) is 17.9 Å². The average Bonchev–Trinajstić information content (AvgIpc) is 3.03. The van der Waals surface area contributed by atoms with Gasteiger partial charge in [0.05, 0.1) is 45.7 Å². The van der Waals surface area contributed by atoms with Crippen molar-refractivity contribution in [1.82, 2.24) is 5.32 Å². The number of phenols is 3.